The number of ether oxygens (including phenoxy) is 1. The van der Waals surface area contributed by atoms with Crippen molar-refractivity contribution in [1.29, 1.82) is 0 Å². The predicted molar refractivity (Wildman–Crippen MR) is 76.0 cm³/mol. The number of carbonyl (C=O) groups is 2. The fourth-order valence-corrected chi connectivity index (χ4v) is 1.81. The number of hydrogen-bond donors (Lipinski definition) is 2. The summed E-state index contributed by atoms with van der Waals surface area (Å²) in [6.07, 6.45) is -3.96. The first kappa shape index (κ1) is 18.8. The van der Waals surface area contributed by atoms with Crippen LogP contribution >= 0.6 is 0 Å². The number of carboxylic acid groups (broad SMARTS) is 1. The van der Waals surface area contributed by atoms with E-state index in [1.54, 1.807) is 13.8 Å². The highest BCUT2D eigenvalue weighted by atomic mass is 19.4. The van der Waals surface area contributed by atoms with E-state index in [0.717, 1.165) is 18.2 Å². The summed E-state index contributed by atoms with van der Waals surface area (Å²) in [5.41, 5.74) is -0.890. The second kappa shape index (κ2) is 7.85. The maximum atomic E-state index is 12.6. The van der Waals surface area contributed by atoms with Crippen LogP contribution in [0.4, 0.5) is 13.2 Å². The first-order chi connectivity index (χ1) is 10.6. The Hall–Kier alpha value is -2.25. The van der Waals surface area contributed by atoms with E-state index in [4.69, 9.17) is 9.84 Å². The quantitative estimate of drug-likeness (QED) is 0.804. The van der Waals surface area contributed by atoms with Crippen LogP contribution in [-0.2, 0) is 15.8 Å². The molecular weight excluding hydrogens is 315 g/mol. The third-order valence-corrected chi connectivity index (χ3v) is 3.33. The average Bonchev–Trinajstić information content (AvgIpc) is 2.49. The molecule has 5 nitrogen and oxygen atoms in total. The monoisotopic (exact) mass is 333 g/mol. The molecular formula is C15H18F3NO4. The molecule has 0 bridgehead atoms. The summed E-state index contributed by atoms with van der Waals surface area (Å²) in [7, 11) is 0. The van der Waals surface area contributed by atoms with Crippen molar-refractivity contribution in [1.82, 2.24) is 5.32 Å². The number of alkyl halides is 3. The molecule has 0 aliphatic carbocycles. The summed E-state index contributed by atoms with van der Waals surface area (Å²) in [6.45, 7) is 2.89. The lowest BCUT2D eigenvalue weighted by molar-refractivity contribution is -0.143. The van der Waals surface area contributed by atoms with Crippen LogP contribution in [0.1, 0.15) is 25.8 Å². The van der Waals surface area contributed by atoms with Gasteiger partial charge in [-0.1, -0.05) is 26.3 Å². The van der Waals surface area contributed by atoms with Crippen molar-refractivity contribution in [3.8, 4) is 5.75 Å². The van der Waals surface area contributed by atoms with Crippen molar-refractivity contribution in [2.75, 3.05) is 6.61 Å². The van der Waals surface area contributed by atoms with Crippen LogP contribution in [0, 0.1) is 5.92 Å². The third-order valence-electron chi connectivity index (χ3n) is 3.33. The highest BCUT2D eigenvalue weighted by Crippen LogP contribution is 2.31. The molecule has 0 heterocycles. The Morgan fingerprint density at radius 2 is 2.00 bits per heavy atom. The molecule has 1 aromatic rings. The number of aliphatic carboxylic acids is 1. The van der Waals surface area contributed by atoms with E-state index < -0.39 is 36.3 Å². The van der Waals surface area contributed by atoms with Gasteiger partial charge in [0.15, 0.2) is 6.61 Å². The van der Waals surface area contributed by atoms with E-state index in [9.17, 15) is 22.8 Å². The smallest absolute Gasteiger partial charge is 0.416 e. The summed E-state index contributed by atoms with van der Waals surface area (Å²) in [6, 6.07) is 3.03. The second-order valence-electron chi connectivity index (χ2n) is 5.08. The molecule has 0 radical (unpaired) electrons. The number of carboxylic acids is 1. The number of nitrogens with one attached hydrogen (secondary N) is 1. The lowest BCUT2D eigenvalue weighted by Gasteiger charge is -2.20. The van der Waals surface area contributed by atoms with Crippen LogP contribution < -0.4 is 10.1 Å². The molecule has 0 aliphatic heterocycles. The largest absolute Gasteiger partial charge is 0.484 e. The predicted octanol–water partition coefficient (Wildman–Crippen LogP) is 2.70. The number of hydrogen-bond acceptors (Lipinski definition) is 3. The Morgan fingerprint density at radius 1 is 1.35 bits per heavy atom. The first-order valence-electron chi connectivity index (χ1n) is 6.97. The minimum Gasteiger partial charge on any atom is -0.484 e. The van der Waals surface area contributed by atoms with Gasteiger partial charge in [-0.3, -0.25) is 4.79 Å². The molecule has 1 rings (SSSR count). The number of rotatable bonds is 7. The van der Waals surface area contributed by atoms with Gasteiger partial charge < -0.3 is 15.2 Å². The summed E-state index contributed by atoms with van der Waals surface area (Å²) in [5.74, 6) is -2.29. The fourth-order valence-electron chi connectivity index (χ4n) is 1.81. The highest BCUT2D eigenvalue weighted by molar-refractivity contribution is 5.84. The highest BCUT2D eigenvalue weighted by Gasteiger charge is 2.30. The molecule has 2 unspecified atom stereocenters. The van der Waals surface area contributed by atoms with Crippen LogP contribution in [0.15, 0.2) is 24.3 Å². The van der Waals surface area contributed by atoms with Crippen molar-refractivity contribution in [3.63, 3.8) is 0 Å². The number of benzene rings is 1. The van der Waals surface area contributed by atoms with Gasteiger partial charge in [-0.15, -0.1) is 0 Å². The van der Waals surface area contributed by atoms with E-state index in [1.807, 2.05) is 0 Å². The van der Waals surface area contributed by atoms with E-state index in [1.165, 1.54) is 6.07 Å². The molecule has 2 N–H and O–H groups in total. The summed E-state index contributed by atoms with van der Waals surface area (Å²) in [4.78, 5) is 22.8. The fraction of sp³-hybridized carbons (Fsp3) is 0.467. The van der Waals surface area contributed by atoms with Crippen LogP contribution in [0.3, 0.4) is 0 Å². The molecule has 0 aliphatic rings. The minimum atomic E-state index is -4.51. The van der Waals surface area contributed by atoms with Gasteiger partial charge in [0, 0.05) is 0 Å². The third kappa shape index (κ3) is 5.80. The SMILES string of the molecule is CCC(C)C(NC(=O)COc1cccc(C(F)(F)F)c1)C(=O)O. The van der Waals surface area contributed by atoms with Crippen molar-refractivity contribution >= 4 is 11.9 Å². The van der Waals surface area contributed by atoms with Gasteiger partial charge in [-0.2, -0.15) is 13.2 Å². The molecule has 128 valence electrons. The van der Waals surface area contributed by atoms with Crippen LogP contribution in [0.2, 0.25) is 0 Å². The Labute approximate surface area is 131 Å². The molecule has 23 heavy (non-hydrogen) atoms. The second-order valence-corrected chi connectivity index (χ2v) is 5.08. The molecule has 0 spiro atoms. The van der Waals surface area contributed by atoms with Crippen molar-refractivity contribution < 1.29 is 32.6 Å². The zero-order valence-electron chi connectivity index (χ0n) is 12.7. The molecule has 0 saturated carbocycles. The normalized spacial score (nSPS) is 14.0. The van der Waals surface area contributed by atoms with Crippen LogP contribution in [0.5, 0.6) is 5.75 Å². The molecule has 8 heteroatoms. The Kier molecular flexibility index (Phi) is 6.41. The molecule has 0 fully saturated rings. The van der Waals surface area contributed by atoms with Crippen molar-refractivity contribution in [2.24, 2.45) is 5.92 Å². The van der Waals surface area contributed by atoms with Gasteiger partial charge in [0.05, 0.1) is 5.56 Å². The lowest BCUT2D eigenvalue weighted by atomic mass is 9.99. The molecule has 2 atom stereocenters. The topological polar surface area (TPSA) is 75.6 Å². The van der Waals surface area contributed by atoms with Crippen molar-refractivity contribution in [2.45, 2.75) is 32.5 Å². The Bertz CT molecular complexity index is 560. The molecule has 0 saturated heterocycles. The summed E-state index contributed by atoms with van der Waals surface area (Å²) >= 11 is 0. The van der Waals surface area contributed by atoms with Gasteiger partial charge in [0.2, 0.25) is 0 Å². The van der Waals surface area contributed by atoms with E-state index >= 15 is 0 Å². The first-order valence-corrected chi connectivity index (χ1v) is 6.97. The maximum Gasteiger partial charge on any atom is 0.416 e. The number of halogens is 3. The number of amides is 1. The lowest BCUT2D eigenvalue weighted by Crippen LogP contribution is -2.46. The zero-order valence-corrected chi connectivity index (χ0v) is 12.7. The molecule has 1 aromatic carbocycles. The van der Waals surface area contributed by atoms with Gasteiger partial charge in [-0.05, 0) is 24.1 Å². The van der Waals surface area contributed by atoms with Crippen LogP contribution in [-0.4, -0.2) is 29.6 Å². The van der Waals surface area contributed by atoms with Gasteiger partial charge in [0.25, 0.3) is 5.91 Å². The standard InChI is InChI=1S/C15H18F3NO4/c1-3-9(2)13(14(21)22)19-12(20)8-23-11-6-4-5-10(7-11)15(16,17)18/h4-7,9,13H,3,8H2,1-2H3,(H,19,20)(H,21,22). The number of carbonyl (C=O) groups excluding carboxylic acids is 1. The Morgan fingerprint density at radius 3 is 2.52 bits per heavy atom. The van der Waals surface area contributed by atoms with E-state index in [2.05, 4.69) is 5.32 Å². The van der Waals surface area contributed by atoms with Gasteiger partial charge >= 0.3 is 12.1 Å². The average molecular weight is 333 g/mol. The van der Waals surface area contributed by atoms with Crippen molar-refractivity contribution in [3.05, 3.63) is 29.8 Å². The van der Waals surface area contributed by atoms with E-state index in [-0.39, 0.29) is 11.7 Å². The summed E-state index contributed by atoms with van der Waals surface area (Å²) < 4.78 is 42.7. The Balaban J connectivity index is 2.64. The zero-order chi connectivity index (χ0) is 17.6. The minimum absolute atomic E-state index is 0.120. The maximum absolute atomic E-state index is 12.6. The summed E-state index contributed by atoms with van der Waals surface area (Å²) in [5, 5.41) is 11.4. The van der Waals surface area contributed by atoms with Crippen LogP contribution in [0.25, 0.3) is 0 Å². The molecule has 1 amide bonds. The van der Waals surface area contributed by atoms with Gasteiger partial charge in [0.1, 0.15) is 11.8 Å². The molecule has 0 aromatic heterocycles. The van der Waals surface area contributed by atoms with Gasteiger partial charge in [-0.25, -0.2) is 4.79 Å². The van der Waals surface area contributed by atoms with E-state index in [0.29, 0.717) is 6.42 Å².